The normalized spacial score (nSPS) is 10.3. The van der Waals surface area contributed by atoms with Gasteiger partial charge in [0.1, 0.15) is 5.75 Å². The Morgan fingerprint density at radius 2 is 1.81 bits per heavy atom. The van der Waals surface area contributed by atoms with Gasteiger partial charge in [0.2, 0.25) is 0 Å². The smallest absolute Gasteiger partial charge is 0.262 e. The Kier molecular flexibility index (Phi) is 5.34. The highest BCUT2D eigenvalue weighted by Gasteiger charge is 2.08. The lowest BCUT2D eigenvalue weighted by Gasteiger charge is -2.10. The summed E-state index contributed by atoms with van der Waals surface area (Å²) in [7, 11) is 0. The van der Waals surface area contributed by atoms with Crippen molar-refractivity contribution >= 4 is 46.4 Å². The molecule has 1 amide bonds. The fraction of sp³-hybridized carbons (Fsp3) is 0.133. The molecule has 0 aromatic heterocycles. The van der Waals surface area contributed by atoms with Gasteiger partial charge in [-0.25, -0.2) is 0 Å². The molecule has 0 heterocycles. The highest BCUT2D eigenvalue weighted by molar-refractivity contribution is 6.34. The molecule has 0 bridgehead atoms. The first-order chi connectivity index (χ1) is 9.95. The fourth-order valence-corrected chi connectivity index (χ4v) is 2.37. The Balaban J connectivity index is 1.97. The number of amides is 1. The molecule has 3 nitrogen and oxygen atoms in total. The van der Waals surface area contributed by atoms with Gasteiger partial charge in [-0.2, -0.15) is 0 Å². The molecule has 2 rings (SSSR count). The first kappa shape index (κ1) is 16.0. The van der Waals surface area contributed by atoms with Gasteiger partial charge in [0.25, 0.3) is 5.91 Å². The number of hydrogen-bond acceptors (Lipinski definition) is 2. The molecule has 1 N–H and O–H groups in total. The first-order valence-corrected chi connectivity index (χ1v) is 7.23. The molecule has 0 spiro atoms. The molecular weight excluding hydrogens is 333 g/mol. The predicted octanol–water partition coefficient (Wildman–Crippen LogP) is 4.97. The first-order valence-electron chi connectivity index (χ1n) is 6.09. The lowest BCUT2D eigenvalue weighted by Crippen LogP contribution is -2.20. The molecule has 0 aliphatic heterocycles. The van der Waals surface area contributed by atoms with Crippen LogP contribution < -0.4 is 10.1 Å². The van der Waals surface area contributed by atoms with Crippen molar-refractivity contribution in [2.24, 2.45) is 0 Å². The van der Waals surface area contributed by atoms with Gasteiger partial charge in [-0.15, -0.1) is 0 Å². The van der Waals surface area contributed by atoms with E-state index in [4.69, 9.17) is 39.5 Å². The maximum atomic E-state index is 11.9. The van der Waals surface area contributed by atoms with Crippen LogP contribution in [0.1, 0.15) is 5.56 Å². The van der Waals surface area contributed by atoms with E-state index in [9.17, 15) is 4.79 Å². The highest BCUT2D eigenvalue weighted by Crippen LogP contribution is 2.25. The molecule has 110 valence electrons. The van der Waals surface area contributed by atoms with Crippen molar-refractivity contribution in [1.82, 2.24) is 0 Å². The number of rotatable bonds is 4. The molecule has 0 fully saturated rings. The Morgan fingerprint density at radius 3 is 2.48 bits per heavy atom. The van der Waals surface area contributed by atoms with Crippen molar-refractivity contribution in [3.05, 3.63) is 57.0 Å². The van der Waals surface area contributed by atoms with Crippen LogP contribution in [0.15, 0.2) is 36.4 Å². The number of benzene rings is 2. The van der Waals surface area contributed by atoms with Crippen LogP contribution in [-0.2, 0) is 4.79 Å². The lowest BCUT2D eigenvalue weighted by atomic mass is 10.2. The quantitative estimate of drug-likeness (QED) is 0.850. The van der Waals surface area contributed by atoms with Crippen LogP contribution in [0.5, 0.6) is 5.75 Å². The summed E-state index contributed by atoms with van der Waals surface area (Å²) >= 11 is 17.7. The second-order valence-electron chi connectivity index (χ2n) is 4.35. The summed E-state index contributed by atoms with van der Waals surface area (Å²) in [5.41, 5.74) is 1.46. The van der Waals surface area contributed by atoms with Crippen LogP contribution in [0.4, 0.5) is 5.69 Å². The molecule has 0 aliphatic rings. The van der Waals surface area contributed by atoms with Gasteiger partial charge in [0.05, 0.1) is 0 Å². The summed E-state index contributed by atoms with van der Waals surface area (Å²) in [5, 5.41) is 4.22. The Labute approximate surface area is 137 Å². The van der Waals surface area contributed by atoms with Gasteiger partial charge in [0, 0.05) is 20.8 Å². The minimum Gasteiger partial charge on any atom is -0.484 e. The summed E-state index contributed by atoms with van der Waals surface area (Å²) < 4.78 is 5.36. The molecule has 21 heavy (non-hydrogen) atoms. The Bertz CT molecular complexity index is 654. The van der Waals surface area contributed by atoms with E-state index in [1.165, 1.54) is 0 Å². The van der Waals surface area contributed by atoms with E-state index in [1.54, 1.807) is 36.4 Å². The zero-order valence-electron chi connectivity index (χ0n) is 11.1. The van der Waals surface area contributed by atoms with Crippen molar-refractivity contribution in [3.63, 3.8) is 0 Å². The summed E-state index contributed by atoms with van der Waals surface area (Å²) in [6.07, 6.45) is 0. The standard InChI is InChI=1S/C15H12Cl3NO2/c1-9-13(18)3-2-4-14(9)19-15(20)8-21-12-6-10(16)5-11(17)7-12/h2-7H,8H2,1H3,(H,19,20). The van der Waals surface area contributed by atoms with E-state index in [1.807, 2.05) is 6.92 Å². The van der Waals surface area contributed by atoms with Gasteiger partial charge in [-0.1, -0.05) is 40.9 Å². The molecule has 0 radical (unpaired) electrons. The molecular formula is C15H12Cl3NO2. The minimum absolute atomic E-state index is 0.150. The second-order valence-corrected chi connectivity index (χ2v) is 5.63. The molecule has 6 heteroatoms. The average molecular weight is 345 g/mol. The van der Waals surface area contributed by atoms with E-state index in [-0.39, 0.29) is 12.5 Å². The molecule has 0 atom stereocenters. The summed E-state index contributed by atoms with van der Waals surface area (Å²) in [6.45, 7) is 1.68. The van der Waals surface area contributed by atoms with Crippen molar-refractivity contribution in [1.29, 1.82) is 0 Å². The second kappa shape index (κ2) is 7.03. The largest absolute Gasteiger partial charge is 0.484 e. The predicted molar refractivity (Wildman–Crippen MR) is 86.8 cm³/mol. The number of hydrogen-bond donors (Lipinski definition) is 1. The van der Waals surface area contributed by atoms with Crippen molar-refractivity contribution in [3.8, 4) is 5.75 Å². The minimum atomic E-state index is -0.295. The van der Waals surface area contributed by atoms with Crippen molar-refractivity contribution in [2.45, 2.75) is 6.92 Å². The van der Waals surface area contributed by atoms with Gasteiger partial charge in [0.15, 0.2) is 6.61 Å². The molecule has 0 saturated carbocycles. The Morgan fingerprint density at radius 1 is 1.14 bits per heavy atom. The number of halogens is 3. The zero-order chi connectivity index (χ0) is 15.4. The van der Waals surface area contributed by atoms with Crippen LogP contribution in [0.2, 0.25) is 15.1 Å². The van der Waals surface area contributed by atoms with Gasteiger partial charge in [-0.05, 0) is 42.8 Å². The monoisotopic (exact) mass is 343 g/mol. The SMILES string of the molecule is Cc1c(Cl)cccc1NC(=O)COc1cc(Cl)cc(Cl)c1. The number of carbonyl (C=O) groups excluding carboxylic acids is 1. The summed E-state index contributed by atoms with van der Waals surface area (Å²) in [6, 6.07) is 10.1. The molecule has 0 unspecified atom stereocenters. The number of carbonyl (C=O) groups is 1. The maximum absolute atomic E-state index is 11.9. The number of ether oxygens (including phenoxy) is 1. The van der Waals surface area contributed by atoms with Crippen molar-refractivity contribution < 1.29 is 9.53 Å². The third-order valence-corrected chi connectivity index (χ3v) is 3.59. The average Bonchev–Trinajstić information content (AvgIpc) is 2.41. The highest BCUT2D eigenvalue weighted by atomic mass is 35.5. The van der Waals surface area contributed by atoms with Gasteiger partial charge in [-0.3, -0.25) is 4.79 Å². The third kappa shape index (κ3) is 4.53. The number of anilines is 1. The molecule has 0 saturated heterocycles. The van der Waals surface area contributed by atoms with Crippen LogP contribution in [0.25, 0.3) is 0 Å². The lowest BCUT2D eigenvalue weighted by molar-refractivity contribution is -0.118. The van der Waals surface area contributed by atoms with Gasteiger partial charge >= 0.3 is 0 Å². The van der Waals surface area contributed by atoms with Crippen LogP contribution in [0.3, 0.4) is 0 Å². The van der Waals surface area contributed by atoms with E-state index in [2.05, 4.69) is 5.32 Å². The molecule has 0 aliphatic carbocycles. The Hall–Kier alpha value is -1.42. The van der Waals surface area contributed by atoms with E-state index in [0.29, 0.717) is 26.5 Å². The zero-order valence-corrected chi connectivity index (χ0v) is 13.4. The van der Waals surface area contributed by atoms with Crippen molar-refractivity contribution in [2.75, 3.05) is 11.9 Å². The molecule has 2 aromatic carbocycles. The fourth-order valence-electron chi connectivity index (χ4n) is 1.69. The van der Waals surface area contributed by atoms with Crippen LogP contribution >= 0.6 is 34.8 Å². The maximum Gasteiger partial charge on any atom is 0.262 e. The third-order valence-electron chi connectivity index (χ3n) is 2.75. The van der Waals surface area contributed by atoms with E-state index < -0.39 is 0 Å². The topological polar surface area (TPSA) is 38.3 Å². The summed E-state index contributed by atoms with van der Waals surface area (Å²) in [5.74, 6) is 0.141. The summed E-state index contributed by atoms with van der Waals surface area (Å²) in [4.78, 5) is 11.9. The van der Waals surface area contributed by atoms with E-state index >= 15 is 0 Å². The van der Waals surface area contributed by atoms with Gasteiger partial charge < -0.3 is 10.1 Å². The molecule has 2 aromatic rings. The number of nitrogens with one attached hydrogen (secondary N) is 1. The van der Waals surface area contributed by atoms with Crippen LogP contribution in [0, 0.1) is 6.92 Å². The van der Waals surface area contributed by atoms with Crippen LogP contribution in [-0.4, -0.2) is 12.5 Å². The van der Waals surface area contributed by atoms with E-state index in [0.717, 1.165) is 5.56 Å².